The summed E-state index contributed by atoms with van der Waals surface area (Å²) < 4.78 is 0. The van der Waals surface area contributed by atoms with Gasteiger partial charge < -0.3 is 20.8 Å². The van der Waals surface area contributed by atoms with E-state index in [4.69, 9.17) is 5.11 Å². The second-order valence-corrected chi connectivity index (χ2v) is 5.83. The van der Waals surface area contributed by atoms with Gasteiger partial charge in [-0.15, -0.1) is 0 Å². The van der Waals surface area contributed by atoms with Gasteiger partial charge in [-0.3, -0.25) is 4.79 Å². The molecule has 0 saturated heterocycles. The van der Waals surface area contributed by atoms with Crippen LogP contribution in [0.3, 0.4) is 0 Å². The molecule has 2 atom stereocenters. The maximum Gasteiger partial charge on any atom is 0.315 e. The monoisotopic (exact) mass is 272 g/mol. The van der Waals surface area contributed by atoms with Crippen LogP contribution in [0.2, 0.25) is 0 Å². The summed E-state index contributed by atoms with van der Waals surface area (Å²) in [5.74, 6) is -0.956. The molecule has 0 bridgehead atoms. The number of amides is 2. The zero-order chi connectivity index (χ0) is 14.5. The van der Waals surface area contributed by atoms with Crippen molar-refractivity contribution in [3.05, 3.63) is 0 Å². The van der Waals surface area contributed by atoms with Crippen LogP contribution in [-0.2, 0) is 4.79 Å². The Labute approximate surface area is 113 Å². The van der Waals surface area contributed by atoms with E-state index in [0.29, 0.717) is 6.42 Å². The van der Waals surface area contributed by atoms with Crippen molar-refractivity contribution in [1.29, 1.82) is 0 Å². The van der Waals surface area contributed by atoms with Crippen LogP contribution in [0.4, 0.5) is 4.79 Å². The van der Waals surface area contributed by atoms with Crippen molar-refractivity contribution in [1.82, 2.24) is 10.6 Å². The van der Waals surface area contributed by atoms with Gasteiger partial charge in [-0.1, -0.05) is 19.3 Å². The van der Waals surface area contributed by atoms with Gasteiger partial charge in [0.1, 0.15) is 0 Å². The van der Waals surface area contributed by atoms with Crippen molar-refractivity contribution in [3.8, 4) is 0 Å². The summed E-state index contributed by atoms with van der Waals surface area (Å²) in [6.45, 7) is 3.16. The molecule has 0 aromatic rings. The molecular weight excluding hydrogens is 248 g/mol. The first-order chi connectivity index (χ1) is 8.83. The quantitative estimate of drug-likeness (QED) is 0.576. The normalized spacial score (nSPS) is 24.4. The molecule has 0 heterocycles. The van der Waals surface area contributed by atoms with Crippen LogP contribution >= 0.6 is 0 Å². The van der Waals surface area contributed by atoms with Crippen molar-refractivity contribution in [3.63, 3.8) is 0 Å². The lowest BCUT2D eigenvalue weighted by atomic mass is 9.94. The average Bonchev–Trinajstić information content (AvgIpc) is 2.52. The van der Waals surface area contributed by atoms with Gasteiger partial charge in [-0.05, 0) is 26.7 Å². The summed E-state index contributed by atoms with van der Waals surface area (Å²) in [6, 6.07) is -0.657. The maximum absolute atomic E-state index is 11.7. The third-order valence-electron chi connectivity index (χ3n) is 3.57. The van der Waals surface area contributed by atoms with Gasteiger partial charge in [0.15, 0.2) is 0 Å². The molecule has 0 aromatic heterocycles. The first-order valence-electron chi connectivity index (χ1n) is 6.79. The van der Waals surface area contributed by atoms with Gasteiger partial charge in [0.2, 0.25) is 0 Å². The average molecular weight is 272 g/mol. The molecule has 2 amide bonds. The number of rotatable bonds is 4. The molecule has 2 unspecified atom stereocenters. The van der Waals surface area contributed by atoms with Crippen LogP contribution in [0.5, 0.6) is 0 Å². The van der Waals surface area contributed by atoms with E-state index in [2.05, 4.69) is 10.6 Å². The molecule has 0 aliphatic heterocycles. The van der Waals surface area contributed by atoms with Crippen molar-refractivity contribution in [2.45, 2.75) is 58.1 Å². The van der Waals surface area contributed by atoms with E-state index in [9.17, 15) is 14.7 Å². The van der Waals surface area contributed by atoms with Crippen LogP contribution in [0.1, 0.15) is 46.0 Å². The first kappa shape index (κ1) is 15.8. The Kier molecular flexibility index (Phi) is 5.60. The van der Waals surface area contributed by atoms with E-state index in [1.54, 1.807) is 13.8 Å². The Morgan fingerprint density at radius 2 is 1.84 bits per heavy atom. The standard InChI is InChI=1S/C13H24N2O4/c1-13(2,11(17)18)8-14-12(19)15-9-6-4-3-5-7-10(9)16/h9-10,16H,3-8H2,1-2H3,(H,17,18)(H2,14,15,19). The van der Waals surface area contributed by atoms with Gasteiger partial charge >= 0.3 is 12.0 Å². The largest absolute Gasteiger partial charge is 0.481 e. The molecule has 1 aliphatic carbocycles. The van der Waals surface area contributed by atoms with E-state index >= 15 is 0 Å². The molecule has 1 fully saturated rings. The zero-order valence-electron chi connectivity index (χ0n) is 11.6. The number of aliphatic hydroxyl groups is 1. The predicted molar refractivity (Wildman–Crippen MR) is 70.8 cm³/mol. The highest BCUT2D eigenvalue weighted by Crippen LogP contribution is 2.18. The molecule has 0 spiro atoms. The van der Waals surface area contributed by atoms with Gasteiger partial charge in [0.25, 0.3) is 0 Å². The Morgan fingerprint density at radius 1 is 1.21 bits per heavy atom. The molecule has 6 nitrogen and oxygen atoms in total. The van der Waals surface area contributed by atoms with E-state index in [1.165, 1.54) is 0 Å². The number of aliphatic carboxylic acids is 1. The summed E-state index contributed by atoms with van der Waals surface area (Å²) >= 11 is 0. The highest BCUT2D eigenvalue weighted by molar-refractivity contribution is 5.77. The molecular formula is C13H24N2O4. The number of hydrogen-bond donors (Lipinski definition) is 4. The molecule has 1 aliphatic rings. The van der Waals surface area contributed by atoms with Crippen LogP contribution < -0.4 is 10.6 Å². The van der Waals surface area contributed by atoms with Crippen LogP contribution in [0.25, 0.3) is 0 Å². The Balaban J connectivity index is 2.40. The topological polar surface area (TPSA) is 98.7 Å². The number of hydrogen-bond acceptors (Lipinski definition) is 3. The fraction of sp³-hybridized carbons (Fsp3) is 0.846. The molecule has 0 aromatic carbocycles. The molecule has 1 saturated carbocycles. The van der Waals surface area contributed by atoms with Crippen molar-refractivity contribution >= 4 is 12.0 Å². The number of nitrogens with one attached hydrogen (secondary N) is 2. The minimum absolute atomic E-state index is 0.0526. The maximum atomic E-state index is 11.7. The van der Waals surface area contributed by atoms with Crippen molar-refractivity contribution in [2.24, 2.45) is 5.41 Å². The lowest BCUT2D eigenvalue weighted by molar-refractivity contribution is -0.146. The van der Waals surface area contributed by atoms with Gasteiger partial charge in [-0.2, -0.15) is 0 Å². The summed E-state index contributed by atoms with van der Waals surface area (Å²) in [4.78, 5) is 22.6. The third-order valence-corrected chi connectivity index (χ3v) is 3.57. The van der Waals surface area contributed by atoms with Crippen LogP contribution in [0, 0.1) is 5.41 Å². The zero-order valence-corrected chi connectivity index (χ0v) is 11.6. The number of aliphatic hydroxyl groups excluding tert-OH is 1. The lowest BCUT2D eigenvalue weighted by Gasteiger charge is -2.24. The molecule has 4 N–H and O–H groups in total. The van der Waals surface area contributed by atoms with E-state index in [1.807, 2.05) is 0 Å². The highest BCUT2D eigenvalue weighted by atomic mass is 16.4. The summed E-state index contributed by atoms with van der Waals surface area (Å²) in [5.41, 5.74) is -1.00. The van der Waals surface area contributed by atoms with Crippen LogP contribution in [0.15, 0.2) is 0 Å². The molecule has 0 radical (unpaired) electrons. The first-order valence-corrected chi connectivity index (χ1v) is 6.79. The smallest absolute Gasteiger partial charge is 0.315 e. The Hall–Kier alpha value is -1.30. The van der Waals surface area contributed by atoms with E-state index in [-0.39, 0.29) is 12.6 Å². The van der Waals surface area contributed by atoms with Crippen LogP contribution in [-0.4, -0.2) is 40.9 Å². The van der Waals surface area contributed by atoms with E-state index in [0.717, 1.165) is 25.7 Å². The fourth-order valence-corrected chi connectivity index (χ4v) is 2.05. The molecule has 19 heavy (non-hydrogen) atoms. The van der Waals surface area contributed by atoms with Crippen molar-refractivity contribution in [2.75, 3.05) is 6.54 Å². The number of carboxylic acids is 1. The summed E-state index contributed by atoms with van der Waals surface area (Å²) in [5, 5.41) is 24.1. The summed E-state index contributed by atoms with van der Waals surface area (Å²) in [6.07, 6.45) is 3.99. The van der Waals surface area contributed by atoms with Gasteiger partial charge in [0.05, 0.1) is 17.6 Å². The lowest BCUT2D eigenvalue weighted by Crippen LogP contribution is -2.50. The second-order valence-electron chi connectivity index (χ2n) is 5.83. The highest BCUT2D eigenvalue weighted by Gasteiger charge is 2.28. The van der Waals surface area contributed by atoms with Gasteiger partial charge in [0, 0.05) is 6.54 Å². The fourth-order valence-electron chi connectivity index (χ4n) is 2.05. The Morgan fingerprint density at radius 3 is 2.47 bits per heavy atom. The molecule has 110 valence electrons. The minimum Gasteiger partial charge on any atom is -0.481 e. The van der Waals surface area contributed by atoms with E-state index < -0.39 is 23.5 Å². The third kappa shape index (κ3) is 5.06. The Bertz CT molecular complexity index is 331. The van der Waals surface area contributed by atoms with Crippen molar-refractivity contribution < 1.29 is 19.8 Å². The molecule has 1 rings (SSSR count). The number of carbonyl (C=O) groups is 2. The number of carboxylic acid groups (broad SMARTS) is 1. The van der Waals surface area contributed by atoms with Gasteiger partial charge in [-0.25, -0.2) is 4.79 Å². The summed E-state index contributed by atoms with van der Waals surface area (Å²) in [7, 11) is 0. The minimum atomic E-state index is -1.00. The second kappa shape index (κ2) is 6.75. The predicted octanol–water partition coefficient (Wildman–Crippen LogP) is 1.09. The number of urea groups is 1. The SMILES string of the molecule is CC(C)(CNC(=O)NC1CCCCCC1O)C(=O)O. The molecule has 6 heteroatoms. The number of carbonyl (C=O) groups excluding carboxylic acids is 1.